The van der Waals surface area contributed by atoms with Crippen molar-refractivity contribution in [1.29, 1.82) is 0 Å². The molecule has 0 saturated carbocycles. The van der Waals surface area contributed by atoms with Crippen LogP contribution >= 0.6 is 11.6 Å². The summed E-state index contributed by atoms with van der Waals surface area (Å²) in [7, 11) is 0. The van der Waals surface area contributed by atoms with Crippen LogP contribution in [0.25, 0.3) is 0 Å². The summed E-state index contributed by atoms with van der Waals surface area (Å²) >= 11 is 5.91. The van der Waals surface area contributed by atoms with E-state index in [2.05, 4.69) is 10.6 Å². The van der Waals surface area contributed by atoms with Crippen molar-refractivity contribution in [1.82, 2.24) is 10.6 Å². The fourth-order valence-corrected chi connectivity index (χ4v) is 1.97. The van der Waals surface area contributed by atoms with Gasteiger partial charge in [-0.25, -0.2) is 0 Å². The fraction of sp³-hybridized carbons (Fsp3) is 0.364. The largest absolute Gasteiger partial charge is 0.353 e. The molecule has 2 rings (SSSR count). The van der Waals surface area contributed by atoms with Crippen molar-refractivity contribution in [2.75, 3.05) is 13.1 Å². The van der Waals surface area contributed by atoms with E-state index >= 15 is 0 Å². The molecule has 80 valence electrons. The molecule has 1 aromatic carbocycles. The molecule has 0 bridgehead atoms. The van der Waals surface area contributed by atoms with Crippen LogP contribution in [0.4, 0.5) is 0 Å². The van der Waals surface area contributed by atoms with Crippen molar-refractivity contribution in [3.8, 4) is 0 Å². The van der Waals surface area contributed by atoms with Crippen molar-refractivity contribution in [3.63, 3.8) is 0 Å². The lowest BCUT2D eigenvalue weighted by Crippen LogP contribution is -2.59. The highest BCUT2D eigenvalue weighted by atomic mass is 35.5. The van der Waals surface area contributed by atoms with Crippen LogP contribution in [-0.2, 0) is 10.3 Å². The van der Waals surface area contributed by atoms with E-state index in [1.807, 2.05) is 25.1 Å². The van der Waals surface area contributed by atoms with Gasteiger partial charge in [0, 0.05) is 18.1 Å². The van der Waals surface area contributed by atoms with E-state index in [0.29, 0.717) is 11.6 Å². The molecule has 1 saturated heterocycles. The molecule has 1 amide bonds. The second kappa shape index (κ2) is 3.83. The van der Waals surface area contributed by atoms with Crippen LogP contribution in [0.3, 0.4) is 0 Å². The quantitative estimate of drug-likeness (QED) is 0.755. The Morgan fingerprint density at radius 2 is 2.20 bits per heavy atom. The standard InChI is InChI=1S/C11H13ClN2O/c1-11(10(15)13-5-6-14-11)8-3-2-4-9(12)7-8/h2-4,7,14H,5-6H2,1H3,(H,13,15). The van der Waals surface area contributed by atoms with Crippen molar-refractivity contribution < 1.29 is 4.79 Å². The lowest BCUT2D eigenvalue weighted by Gasteiger charge is -2.34. The number of benzene rings is 1. The van der Waals surface area contributed by atoms with E-state index in [0.717, 1.165) is 12.1 Å². The van der Waals surface area contributed by atoms with Gasteiger partial charge in [-0.2, -0.15) is 0 Å². The van der Waals surface area contributed by atoms with Crippen LogP contribution < -0.4 is 10.6 Å². The third-order valence-electron chi connectivity index (χ3n) is 2.75. The Labute approximate surface area is 93.8 Å². The minimum atomic E-state index is -0.664. The van der Waals surface area contributed by atoms with Gasteiger partial charge in [-0.15, -0.1) is 0 Å². The molecule has 15 heavy (non-hydrogen) atoms. The first kappa shape index (κ1) is 10.5. The summed E-state index contributed by atoms with van der Waals surface area (Å²) in [5.74, 6) is -0.00369. The summed E-state index contributed by atoms with van der Waals surface area (Å²) < 4.78 is 0. The van der Waals surface area contributed by atoms with Crippen LogP contribution in [0.1, 0.15) is 12.5 Å². The SMILES string of the molecule is CC1(c2cccc(Cl)c2)NCCNC1=O. The smallest absolute Gasteiger partial charge is 0.244 e. The second-order valence-electron chi connectivity index (χ2n) is 3.82. The Balaban J connectivity index is 2.39. The van der Waals surface area contributed by atoms with Gasteiger partial charge in [0.15, 0.2) is 0 Å². The van der Waals surface area contributed by atoms with Gasteiger partial charge >= 0.3 is 0 Å². The maximum Gasteiger partial charge on any atom is 0.244 e. The average molecular weight is 225 g/mol. The molecule has 1 unspecified atom stereocenters. The van der Waals surface area contributed by atoms with E-state index in [9.17, 15) is 4.79 Å². The topological polar surface area (TPSA) is 41.1 Å². The van der Waals surface area contributed by atoms with Crippen LogP contribution in [0, 0.1) is 0 Å². The average Bonchev–Trinajstić information content (AvgIpc) is 2.23. The molecule has 2 N–H and O–H groups in total. The predicted molar refractivity (Wildman–Crippen MR) is 59.8 cm³/mol. The molecule has 1 aromatic rings. The number of hydrogen-bond donors (Lipinski definition) is 2. The molecule has 0 radical (unpaired) electrons. The monoisotopic (exact) mass is 224 g/mol. The summed E-state index contributed by atoms with van der Waals surface area (Å²) in [6.45, 7) is 3.32. The first-order valence-corrected chi connectivity index (χ1v) is 5.30. The normalized spacial score (nSPS) is 26.1. The first-order chi connectivity index (χ1) is 7.13. The highest BCUT2D eigenvalue weighted by Crippen LogP contribution is 2.24. The number of hydrogen-bond acceptors (Lipinski definition) is 2. The Bertz CT molecular complexity index is 394. The molecule has 0 aromatic heterocycles. The zero-order valence-electron chi connectivity index (χ0n) is 8.51. The molecule has 1 heterocycles. The number of amides is 1. The third kappa shape index (κ3) is 1.85. The van der Waals surface area contributed by atoms with Gasteiger partial charge in [0.2, 0.25) is 5.91 Å². The minimum Gasteiger partial charge on any atom is -0.353 e. The molecular weight excluding hydrogens is 212 g/mol. The molecule has 3 nitrogen and oxygen atoms in total. The molecule has 0 spiro atoms. The van der Waals surface area contributed by atoms with E-state index in [1.165, 1.54) is 0 Å². The molecule has 1 fully saturated rings. The summed E-state index contributed by atoms with van der Waals surface area (Å²) in [6.07, 6.45) is 0. The summed E-state index contributed by atoms with van der Waals surface area (Å²) in [6, 6.07) is 7.38. The van der Waals surface area contributed by atoms with Gasteiger partial charge in [0.1, 0.15) is 5.54 Å². The van der Waals surface area contributed by atoms with Crippen molar-refractivity contribution in [2.45, 2.75) is 12.5 Å². The van der Waals surface area contributed by atoms with Gasteiger partial charge in [-0.05, 0) is 24.6 Å². The number of carbonyl (C=O) groups is 1. The third-order valence-corrected chi connectivity index (χ3v) is 2.98. The van der Waals surface area contributed by atoms with Gasteiger partial charge in [-0.1, -0.05) is 23.7 Å². The Morgan fingerprint density at radius 3 is 2.87 bits per heavy atom. The van der Waals surface area contributed by atoms with Crippen molar-refractivity contribution in [3.05, 3.63) is 34.9 Å². The molecular formula is C11H13ClN2O. The Kier molecular flexibility index (Phi) is 2.67. The lowest BCUT2D eigenvalue weighted by atomic mass is 9.89. The maximum absolute atomic E-state index is 11.8. The van der Waals surface area contributed by atoms with Crippen LogP contribution in [0.2, 0.25) is 5.02 Å². The van der Waals surface area contributed by atoms with E-state index in [-0.39, 0.29) is 5.91 Å². The van der Waals surface area contributed by atoms with E-state index in [1.54, 1.807) is 6.07 Å². The summed E-state index contributed by atoms with van der Waals surface area (Å²) in [4.78, 5) is 11.8. The Hall–Kier alpha value is -1.06. The second-order valence-corrected chi connectivity index (χ2v) is 4.25. The van der Waals surface area contributed by atoms with Crippen LogP contribution in [0.15, 0.2) is 24.3 Å². The van der Waals surface area contributed by atoms with Crippen LogP contribution in [-0.4, -0.2) is 19.0 Å². The van der Waals surface area contributed by atoms with Gasteiger partial charge in [0.05, 0.1) is 0 Å². The number of halogens is 1. The predicted octanol–water partition coefficient (Wildman–Crippen LogP) is 1.27. The van der Waals surface area contributed by atoms with Gasteiger partial charge < -0.3 is 5.32 Å². The van der Waals surface area contributed by atoms with E-state index < -0.39 is 5.54 Å². The highest BCUT2D eigenvalue weighted by molar-refractivity contribution is 6.30. The Morgan fingerprint density at radius 1 is 1.40 bits per heavy atom. The fourth-order valence-electron chi connectivity index (χ4n) is 1.78. The molecule has 1 aliphatic rings. The zero-order chi connectivity index (χ0) is 10.9. The molecule has 0 aliphatic carbocycles. The molecule has 4 heteroatoms. The van der Waals surface area contributed by atoms with Crippen molar-refractivity contribution in [2.24, 2.45) is 0 Å². The minimum absolute atomic E-state index is 0.00369. The summed E-state index contributed by atoms with van der Waals surface area (Å²) in [5, 5.41) is 6.71. The van der Waals surface area contributed by atoms with Gasteiger partial charge in [0.25, 0.3) is 0 Å². The number of piperazine rings is 1. The molecule has 1 aliphatic heterocycles. The lowest BCUT2D eigenvalue weighted by molar-refractivity contribution is -0.128. The van der Waals surface area contributed by atoms with E-state index in [4.69, 9.17) is 11.6 Å². The summed E-state index contributed by atoms with van der Waals surface area (Å²) in [5.41, 5.74) is 0.232. The highest BCUT2D eigenvalue weighted by Gasteiger charge is 2.36. The first-order valence-electron chi connectivity index (χ1n) is 4.92. The number of nitrogens with one attached hydrogen (secondary N) is 2. The zero-order valence-corrected chi connectivity index (χ0v) is 9.27. The number of carbonyl (C=O) groups excluding carboxylic acids is 1. The number of rotatable bonds is 1. The molecule has 1 atom stereocenters. The van der Waals surface area contributed by atoms with Crippen LogP contribution in [0.5, 0.6) is 0 Å². The van der Waals surface area contributed by atoms with Crippen molar-refractivity contribution >= 4 is 17.5 Å². The maximum atomic E-state index is 11.8. The van der Waals surface area contributed by atoms with Gasteiger partial charge in [-0.3, -0.25) is 10.1 Å².